The van der Waals surface area contributed by atoms with Crippen LogP contribution in [0.15, 0.2) is 12.2 Å². The Morgan fingerprint density at radius 1 is 1.21 bits per heavy atom. The molecule has 0 heterocycles. The number of carbonyl (C=O) groups excluding carboxylic acids is 2. The van der Waals surface area contributed by atoms with Crippen molar-refractivity contribution in [2.45, 2.75) is 39.5 Å². The zero-order chi connectivity index (χ0) is 14.0. The maximum atomic E-state index is 12.4. The smallest absolute Gasteiger partial charge is 0.313 e. The Balaban J connectivity index is 2.12. The van der Waals surface area contributed by atoms with Gasteiger partial charge in [-0.15, -0.1) is 0 Å². The number of hydrogen-bond acceptors (Lipinski definition) is 3. The number of fused-ring (bicyclic) bond motifs is 1. The topological polar surface area (TPSA) is 43.4 Å². The minimum Gasteiger partial charge on any atom is -0.469 e. The van der Waals surface area contributed by atoms with E-state index < -0.39 is 5.97 Å². The first kappa shape index (κ1) is 14.3. The van der Waals surface area contributed by atoms with Crippen LogP contribution in [0.2, 0.25) is 0 Å². The van der Waals surface area contributed by atoms with Gasteiger partial charge in [-0.2, -0.15) is 0 Å². The zero-order valence-electron chi connectivity index (χ0n) is 12.1. The monoisotopic (exact) mass is 264 g/mol. The van der Waals surface area contributed by atoms with Crippen LogP contribution < -0.4 is 0 Å². The van der Waals surface area contributed by atoms with E-state index in [1.807, 2.05) is 0 Å². The van der Waals surface area contributed by atoms with Crippen molar-refractivity contribution >= 4 is 11.8 Å². The molecule has 2 aliphatic carbocycles. The fourth-order valence-electron chi connectivity index (χ4n) is 3.81. The SMILES string of the molecule is COC(=O)CC(=O)[C@@H]1[C@H]2CC[C@H](C)C[C@@H]2C=C[C@@H]1C. The Morgan fingerprint density at radius 2 is 1.95 bits per heavy atom. The molecule has 3 nitrogen and oxygen atoms in total. The van der Waals surface area contributed by atoms with Gasteiger partial charge in [0.05, 0.1) is 7.11 Å². The van der Waals surface area contributed by atoms with Crippen LogP contribution >= 0.6 is 0 Å². The molecular formula is C16H24O3. The number of rotatable bonds is 3. The van der Waals surface area contributed by atoms with Gasteiger partial charge in [-0.25, -0.2) is 0 Å². The number of carbonyl (C=O) groups is 2. The van der Waals surface area contributed by atoms with Crippen LogP contribution in [0.4, 0.5) is 0 Å². The Morgan fingerprint density at radius 3 is 2.63 bits per heavy atom. The summed E-state index contributed by atoms with van der Waals surface area (Å²) >= 11 is 0. The molecule has 5 atom stereocenters. The number of allylic oxidation sites excluding steroid dienone is 2. The fraction of sp³-hybridized carbons (Fsp3) is 0.750. The summed E-state index contributed by atoms with van der Waals surface area (Å²) in [5.74, 6) is 1.59. The molecule has 3 heteroatoms. The standard InChI is InChI=1S/C16H24O3/c1-10-4-7-13-12(8-10)6-5-11(2)16(13)14(17)9-15(18)19-3/h5-6,10-13,16H,4,7-9H2,1-3H3/t10-,11-,12-,13-,16-/m0/s1. The first-order valence-electron chi connectivity index (χ1n) is 7.30. The molecular weight excluding hydrogens is 240 g/mol. The van der Waals surface area contributed by atoms with Crippen LogP contribution in [-0.4, -0.2) is 18.9 Å². The predicted octanol–water partition coefficient (Wildman–Crippen LogP) is 2.99. The Labute approximate surface area is 115 Å². The summed E-state index contributed by atoms with van der Waals surface area (Å²) in [6, 6.07) is 0. The molecule has 0 radical (unpaired) electrons. The lowest BCUT2D eigenvalue weighted by molar-refractivity contribution is -0.145. The number of ether oxygens (including phenoxy) is 1. The highest BCUT2D eigenvalue weighted by molar-refractivity contribution is 5.97. The first-order valence-corrected chi connectivity index (χ1v) is 7.30. The lowest BCUT2D eigenvalue weighted by Crippen LogP contribution is -2.39. The van der Waals surface area contributed by atoms with E-state index >= 15 is 0 Å². The molecule has 0 aromatic rings. The largest absolute Gasteiger partial charge is 0.469 e. The summed E-state index contributed by atoms with van der Waals surface area (Å²) in [7, 11) is 1.34. The molecule has 0 aliphatic heterocycles. The minimum atomic E-state index is -0.410. The third-order valence-corrected chi connectivity index (χ3v) is 4.82. The molecule has 19 heavy (non-hydrogen) atoms. The molecule has 0 amide bonds. The van der Waals surface area contributed by atoms with Crippen LogP contribution in [0.5, 0.6) is 0 Å². The predicted molar refractivity (Wildman–Crippen MR) is 73.4 cm³/mol. The van der Waals surface area contributed by atoms with Crippen molar-refractivity contribution in [3.05, 3.63) is 12.2 Å². The van der Waals surface area contributed by atoms with E-state index in [-0.39, 0.29) is 24.0 Å². The molecule has 1 saturated carbocycles. The molecule has 0 spiro atoms. The van der Waals surface area contributed by atoms with E-state index in [1.54, 1.807) is 0 Å². The van der Waals surface area contributed by atoms with Crippen molar-refractivity contribution in [3.8, 4) is 0 Å². The average Bonchev–Trinajstić information content (AvgIpc) is 2.38. The number of methoxy groups -OCH3 is 1. The fourth-order valence-corrected chi connectivity index (χ4v) is 3.81. The summed E-state index contributed by atoms with van der Waals surface area (Å²) in [4.78, 5) is 23.7. The molecule has 0 N–H and O–H groups in total. The molecule has 2 rings (SSSR count). The summed E-state index contributed by atoms with van der Waals surface area (Å²) in [6.07, 6.45) is 7.88. The van der Waals surface area contributed by atoms with Gasteiger partial charge in [0.2, 0.25) is 0 Å². The second-order valence-electron chi connectivity index (χ2n) is 6.23. The minimum absolute atomic E-state index is 0.00148. The van der Waals surface area contributed by atoms with Gasteiger partial charge < -0.3 is 4.74 Å². The highest BCUT2D eigenvalue weighted by atomic mass is 16.5. The Kier molecular flexibility index (Phi) is 4.43. The molecule has 0 saturated heterocycles. The van der Waals surface area contributed by atoms with Crippen molar-refractivity contribution in [2.75, 3.05) is 7.11 Å². The lowest BCUT2D eigenvalue weighted by Gasteiger charge is -2.42. The van der Waals surface area contributed by atoms with Gasteiger partial charge in [0, 0.05) is 5.92 Å². The van der Waals surface area contributed by atoms with Gasteiger partial charge >= 0.3 is 5.97 Å². The third-order valence-electron chi connectivity index (χ3n) is 4.82. The molecule has 0 aromatic carbocycles. The summed E-state index contributed by atoms with van der Waals surface area (Å²) in [5, 5.41) is 0. The van der Waals surface area contributed by atoms with E-state index in [1.165, 1.54) is 20.0 Å². The van der Waals surface area contributed by atoms with Gasteiger partial charge in [-0.1, -0.05) is 32.4 Å². The number of Topliss-reactive ketones (excluding diaryl/α,β-unsaturated/α-hetero) is 1. The maximum Gasteiger partial charge on any atom is 0.313 e. The number of ketones is 1. The van der Waals surface area contributed by atoms with Crippen LogP contribution in [0.1, 0.15) is 39.5 Å². The van der Waals surface area contributed by atoms with Gasteiger partial charge in [-0.05, 0) is 36.5 Å². The quantitative estimate of drug-likeness (QED) is 0.447. The van der Waals surface area contributed by atoms with Crippen molar-refractivity contribution in [1.82, 2.24) is 0 Å². The van der Waals surface area contributed by atoms with Crippen LogP contribution in [0, 0.1) is 29.6 Å². The molecule has 0 unspecified atom stereocenters. The normalized spacial score (nSPS) is 37.5. The highest BCUT2D eigenvalue weighted by Crippen LogP contribution is 2.45. The molecule has 0 aromatic heterocycles. The Hall–Kier alpha value is -1.12. The van der Waals surface area contributed by atoms with Crippen molar-refractivity contribution < 1.29 is 14.3 Å². The van der Waals surface area contributed by atoms with E-state index in [4.69, 9.17) is 0 Å². The Bertz CT molecular complexity index is 385. The first-order chi connectivity index (χ1) is 9.02. The second-order valence-corrected chi connectivity index (χ2v) is 6.23. The van der Waals surface area contributed by atoms with Gasteiger partial charge in [0.15, 0.2) is 0 Å². The van der Waals surface area contributed by atoms with Gasteiger partial charge in [0.25, 0.3) is 0 Å². The van der Waals surface area contributed by atoms with Crippen LogP contribution in [0.25, 0.3) is 0 Å². The maximum absolute atomic E-state index is 12.4. The van der Waals surface area contributed by atoms with Crippen molar-refractivity contribution in [1.29, 1.82) is 0 Å². The molecule has 106 valence electrons. The van der Waals surface area contributed by atoms with Crippen LogP contribution in [-0.2, 0) is 14.3 Å². The number of hydrogen-bond donors (Lipinski definition) is 0. The molecule has 2 aliphatic rings. The van der Waals surface area contributed by atoms with E-state index in [9.17, 15) is 9.59 Å². The van der Waals surface area contributed by atoms with E-state index in [0.717, 1.165) is 12.3 Å². The van der Waals surface area contributed by atoms with Crippen molar-refractivity contribution in [2.24, 2.45) is 29.6 Å². The zero-order valence-corrected chi connectivity index (χ0v) is 12.1. The van der Waals surface area contributed by atoms with E-state index in [0.29, 0.717) is 11.8 Å². The number of esters is 1. The van der Waals surface area contributed by atoms with Gasteiger partial charge in [0.1, 0.15) is 12.2 Å². The van der Waals surface area contributed by atoms with Crippen LogP contribution in [0.3, 0.4) is 0 Å². The second kappa shape index (κ2) is 5.89. The summed E-state index contributed by atoms with van der Waals surface area (Å²) in [5.41, 5.74) is 0. The van der Waals surface area contributed by atoms with Crippen molar-refractivity contribution in [3.63, 3.8) is 0 Å². The molecule has 1 fully saturated rings. The summed E-state index contributed by atoms with van der Waals surface area (Å²) in [6.45, 7) is 4.37. The van der Waals surface area contributed by atoms with E-state index in [2.05, 4.69) is 30.7 Å². The average molecular weight is 264 g/mol. The lowest BCUT2D eigenvalue weighted by atomic mass is 9.62. The highest BCUT2D eigenvalue weighted by Gasteiger charge is 2.41. The third kappa shape index (κ3) is 3.07. The van der Waals surface area contributed by atoms with Gasteiger partial charge in [-0.3, -0.25) is 9.59 Å². The molecule has 0 bridgehead atoms. The summed E-state index contributed by atoms with van der Waals surface area (Å²) < 4.78 is 4.62.